The molecule has 2 unspecified atom stereocenters. The highest BCUT2D eigenvalue weighted by Crippen LogP contribution is 2.48. The van der Waals surface area contributed by atoms with Gasteiger partial charge in [-0.3, -0.25) is 0 Å². The molecule has 26 heavy (non-hydrogen) atoms. The number of rotatable bonds is 4. The third-order valence-corrected chi connectivity index (χ3v) is 5.21. The molecule has 0 N–H and O–H groups in total. The predicted octanol–water partition coefficient (Wildman–Crippen LogP) is 4.27. The summed E-state index contributed by atoms with van der Waals surface area (Å²) >= 11 is 0. The third-order valence-electron chi connectivity index (χ3n) is 5.21. The summed E-state index contributed by atoms with van der Waals surface area (Å²) in [4.78, 5) is 9.00. The van der Waals surface area contributed by atoms with Crippen molar-refractivity contribution in [1.82, 2.24) is 19.7 Å². The SMILES string of the molecule is Fc1ccc(C2CCC2c2nc(Cn3cnc4ccccc43)no2)cc1. The van der Waals surface area contributed by atoms with Crippen LogP contribution in [0.5, 0.6) is 0 Å². The van der Waals surface area contributed by atoms with Crippen molar-refractivity contribution in [2.24, 2.45) is 0 Å². The van der Waals surface area contributed by atoms with Crippen molar-refractivity contribution in [2.45, 2.75) is 31.2 Å². The van der Waals surface area contributed by atoms with Gasteiger partial charge in [-0.15, -0.1) is 0 Å². The Kier molecular flexibility index (Phi) is 3.55. The Morgan fingerprint density at radius 1 is 1.04 bits per heavy atom. The average Bonchev–Trinajstić information content (AvgIpc) is 3.24. The Balaban J connectivity index is 1.36. The Morgan fingerprint density at radius 3 is 2.65 bits per heavy atom. The first kappa shape index (κ1) is 15.3. The Bertz CT molecular complexity index is 1050. The van der Waals surface area contributed by atoms with E-state index in [9.17, 15) is 4.39 Å². The van der Waals surface area contributed by atoms with Crippen LogP contribution >= 0.6 is 0 Å². The van der Waals surface area contributed by atoms with Crippen LogP contribution in [0.15, 0.2) is 59.4 Å². The van der Waals surface area contributed by atoms with Gasteiger partial charge >= 0.3 is 0 Å². The molecule has 0 saturated heterocycles. The van der Waals surface area contributed by atoms with Gasteiger partial charge in [0.15, 0.2) is 5.82 Å². The van der Waals surface area contributed by atoms with Gasteiger partial charge in [0.25, 0.3) is 0 Å². The molecule has 2 aromatic heterocycles. The molecule has 2 aromatic carbocycles. The fourth-order valence-electron chi connectivity index (χ4n) is 3.68. The standard InChI is InChI=1S/C20H17FN4O/c21-14-7-5-13(6-8-14)15-9-10-16(15)20-23-19(24-26-20)11-25-12-22-17-3-1-2-4-18(17)25/h1-8,12,15-16H,9-11H2. The molecular formula is C20H17FN4O. The summed E-state index contributed by atoms with van der Waals surface area (Å²) < 4.78 is 20.7. The molecule has 0 radical (unpaired) electrons. The fourth-order valence-corrected chi connectivity index (χ4v) is 3.68. The van der Waals surface area contributed by atoms with Crippen molar-refractivity contribution in [3.8, 4) is 0 Å². The first-order valence-corrected chi connectivity index (χ1v) is 8.76. The molecule has 4 aromatic rings. The van der Waals surface area contributed by atoms with Gasteiger partial charge in [-0.05, 0) is 48.6 Å². The number of fused-ring (bicyclic) bond motifs is 1. The Labute approximate surface area is 149 Å². The number of hydrogen-bond donors (Lipinski definition) is 0. The van der Waals surface area contributed by atoms with E-state index < -0.39 is 0 Å². The molecule has 1 saturated carbocycles. The largest absolute Gasteiger partial charge is 0.339 e. The van der Waals surface area contributed by atoms with E-state index in [1.165, 1.54) is 12.1 Å². The summed E-state index contributed by atoms with van der Waals surface area (Å²) in [6.45, 7) is 0.526. The average molecular weight is 348 g/mol. The van der Waals surface area contributed by atoms with Crippen LogP contribution < -0.4 is 0 Å². The molecule has 2 atom stereocenters. The zero-order valence-electron chi connectivity index (χ0n) is 14.0. The molecule has 5 rings (SSSR count). The summed E-state index contributed by atoms with van der Waals surface area (Å²) in [7, 11) is 0. The smallest absolute Gasteiger partial charge is 0.230 e. The van der Waals surface area contributed by atoms with Crippen LogP contribution in [0.1, 0.15) is 42.0 Å². The highest BCUT2D eigenvalue weighted by molar-refractivity contribution is 5.74. The minimum atomic E-state index is -0.211. The van der Waals surface area contributed by atoms with E-state index in [-0.39, 0.29) is 11.7 Å². The number of hydrogen-bond acceptors (Lipinski definition) is 4. The summed E-state index contributed by atoms with van der Waals surface area (Å²) in [6.07, 6.45) is 3.86. The zero-order chi connectivity index (χ0) is 17.5. The maximum atomic E-state index is 13.1. The zero-order valence-corrected chi connectivity index (χ0v) is 14.0. The van der Waals surface area contributed by atoms with E-state index >= 15 is 0 Å². The van der Waals surface area contributed by atoms with Crippen molar-refractivity contribution < 1.29 is 8.91 Å². The minimum Gasteiger partial charge on any atom is -0.339 e. The molecule has 0 bridgehead atoms. The van der Waals surface area contributed by atoms with E-state index in [0.717, 1.165) is 29.4 Å². The maximum absolute atomic E-state index is 13.1. The van der Waals surface area contributed by atoms with E-state index in [4.69, 9.17) is 4.52 Å². The minimum absolute atomic E-state index is 0.209. The highest BCUT2D eigenvalue weighted by Gasteiger charge is 2.37. The molecular weight excluding hydrogens is 331 g/mol. The first-order chi connectivity index (χ1) is 12.8. The topological polar surface area (TPSA) is 56.7 Å². The van der Waals surface area contributed by atoms with E-state index in [1.807, 2.05) is 41.0 Å². The molecule has 6 heteroatoms. The Morgan fingerprint density at radius 2 is 1.85 bits per heavy atom. The lowest BCUT2D eigenvalue weighted by Gasteiger charge is -2.34. The molecule has 0 spiro atoms. The van der Waals surface area contributed by atoms with Gasteiger partial charge in [-0.2, -0.15) is 4.98 Å². The van der Waals surface area contributed by atoms with Gasteiger partial charge in [0, 0.05) is 5.92 Å². The van der Waals surface area contributed by atoms with Crippen molar-refractivity contribution in [1.29, 1.82) is 0 Å². The van der Waals surface area contributed by atoms with Crippen LogP contribution in [-0.2, 0) is 6.54 Å². The highest BCUT2D eigenvalue weighted by atomic mass is 19.1. The third kappa shape index (κ3) is 2.58. The second-order valence-electron chi connectivity index (χ2n) is 6.75. The number of imidazole rings is 1. The predicted molar refractivity (Wildman–Crippen MR) is 94.2 cm³/mol. The Hall–Kier alpha value is -3.02. The van der Waals surface area contributed by atoms with E-state index in [2.05, 4.69) is 15.1 Å². The van der Waals surface area contributed by atoms with Crippen LogP contribution in [-0.4, -0.2) is 19.7 Å². The molecule has 1 aliphatic rings. The van der Waals surface area contributed by atoms with Gasteiger partial charge < -0.3 is 9.09 Å². The number of halogens is 1. The van der Waals surface area contributed by atoms with Crippen LogP contribution in [0, 0.1) is 5.82 Å². The molecule has 2 heterocycles. The number of nitrogens with zero attached hydrogens (tertiary/aromatic N) is 4. The second kappa shape index (κ2) is 6.05. The summed E-state index contributed by atoms with van der Waals surface area (Å²) in [5.41, 5.74) is 3.13. The maximum Gasteiger partial charge on any atom is 0.230 e. The molecule has 130 valence electrons. The van der Waals surface area contributed by atoms with Gasteiger partial charge in [-0.25, -0.2) is 9.37 Å². The van der Waals surface area contributed by atoms with E-state index in [1.54, 1.807) is 6.33 Å². The van der Waals surface area contributed by atoms with Crippen LogP contribution in [0.2, 0.25) is 0 Å². The van der Waals surface area contributed by atoms with Gasteiger partial charge in [-0.1, -0.05) is 29.4 Å². The van der Waals surface area contributed by atoms with Gasteiger partial charge in [0.05, 0.1) is 23.9 Å². The van der Waals surface area contributed by atoms with Gasteiger partial charge in [0.2, 0.25) is 5.89 Å². The van der Waals surface area contributed by atoms with Crippen LogP contribution in [0.4, 0.5) is 4.39 Å². The normalized spacial score (nSPS) is 19.6. The summed E-state index contributed by atoms with van der Waals surface area (Å²) in [5.74, 6) is 1.63. The van der Waals surface area contributed by atoms with Crippen LogP contribution in [0.3, 0.4) is 0 Å². The number of benzene rings is 2. The lowest BCUT2D eigenvalue weighted by Crippen LogP contribution is -2.22. The quantitative estimate of drug-likeness (QED) is 0.553. The molecule has 5 nitrogen and oxygen atoms in total. The number of aromatic nitrogens is 4. The fraction of sp³-hybridized carbons (Fsp3) is 0.250. The van der Waals surface area contributed by atoms with Crippen LogP contribution in [0.25, 0.3) is 11.0 Å². The summed E-state index contributed by atoms with van der Waals surface area (Å²) in [6, 6.07) is 14.7. The molecule has 1 aliphatic carbocycles. The van der Waals surface area contributed by atoms with Crippen molar-refractivity contribution in [2.75, 3.05) is 0 Å². The van der Waals surface area contributed by atoms with Crippen molar-refractivity contribution in [3.63, 3.8) is 0 Å². The lowest BCUT2D eigenvalue weighted by molar-refractivity contribution is 0.257. The monoisotopic (exact) mass is 348 g/mol. The van der Waals surface area contributed by atoms with Crippen molar-refractivity contribution in [3.05, 3.63) is 78.0 Å². The van der Waals surface area contributed by atoms with E-state index in [0.29, 0.717) is 24.2 Å². The molecule has 0 amide bonds. The molecule has 0 aliphatic heterocycles. The van der Waals surface area contributed by atoms with Crippen molar-refractivity contribution >= 4 is 11.0 Å². The number of para-hydroxylation sites is 2. The summed E-state index contributed by atoms with van der Waals surface area (Å²) in [5, 5.41) is 4.15. The first-order valence-electron chi connectivity index (χ1n) is 8.76. The second-order valence-corrected chi connectivity index (χ2v) is 6.75. The lowest BCUT2D eigenvalue weighted by atomic mass is 9.70. The molecule has 1 fully saturated rings. The van der Waals surface area contributed by atoms with Gasteiger partial charge in [0.1, 0.15) is 5.82 Å².